The fourth-order valence-corrected chi connectivity index (χ4v) is 2.12. The molecule has 1 heterocycles. The van der Waals surface area contributed by atoms with Crippen molar-refractivity contribution in [1.29, 1.82) is 0 Å². The third-order valence-corrected chi connectivity index (χ3v) is 3.27. The Labute approximate surface area is 109 Å². The van der Waals surface area contributed by atoms with E-state index in [1.54, 1.807) is 13.1 Å². The molecule has 0 aliphatic heterocycles. The zero-order valence-corrected chi connectivity index (χ0v) is 11.3. The van der Waals surface area contributed by atoms with Crippen LogP contribution in [0, 0.1) is 6.92 Å². The smallest absolute Gasteiger partial charge is 0.160 e. The molecular weight excluding hydrogens is 280 g/mol. The van der Waals surface area contributed by atoms with Crippen LogP contribution in [0.2, 0.25) is 0 Å². The summed E-state index contributed by atoms with van der Waals surface area (Å²) in [4.78, 5) is 8.72. The summed E-state index contributed by atoms with van der Waals surface area (Å²) in [6.45, 7) is 3.59. The zero-order valence-electron chi connectivity index (χ0n) is 9.68. The largest absolute Gasteiger partial charge is 0.389 e. The molecule has 1 N–H and O–H groups in total. The highest BCUT2D eigenvalue weighted by molar-refractivity contribution is 9.10. The first-order chi connectivity index (χ1) is 8.09. The van der Waals surface area contributed by atoms with Crippen molar-refractivity contribution in [1.82, 2.24) is 9.97 Å². The van der Waals surface area contributed by atoms with Gasteiger partial charge in [0.05, 0.1) is 6.10 Å². The zero-order chi connectivity index (χ0) is 12.4. The molecule has 3 nitrogen and oxygen atoms in total. The molecule has 2 rings (SSSR count). The Balaban J connectivity index is 2.49. The molecule has 1 atom stereocenters. The third kappa shape index (κ3) is 2.53. The van der Waals surface area contributed by atoms with Gasteiger partial charge in [-0.15, -0.1) is 0 Å². The van der Waals surface area contributed by atoms with Crippen molar-refractivity contribution >= 4 is 15.9 Å². The number of nitrogens with zero attached hydrogens (tertiary/aromatic N) is 2. The van der Waals surface area contributed by atoms with Crippen LogP contribution in [0.4, 0.5) is 0 Å². The lowest BCUT2D eigenvalue weighted by molar-refractivity contribution is 0.197. The summed E-state index contributed by atoms with van der Waals surface area (Å²) in [6, 6.07) is 7.81. The SMILES string of the molecule is Cc1nc(-c2ccccc2Br)ncc1[C@H](C)O. The highest BCUT2D eigenvalue weighted by Gasteiger charge is 2.10. The fraction of sp³-hybridized carbons (Fsp3) is 0.231. The van der Waals surface area contributed by atoms with E-state index in [1.807, 2.05) is 31.2 Å². The molecule has 0 saturated carbocycles. The molecule has 0 aliphatic carbocycles. The molecule has 0 saturated heterocycles. The standard InChI is InChI=1S/C13H13BrN2O/c1-8-11(9(2)17)7-15-13(16-8)10-5-3-4-6-12(10)14/h3-7,9,17H,1-2H3/t9-/m0/s1. The molecule has 0 unspecified atom stereocenters. The lowest BCUT2D eigenvalue weighted by atomic mass is 10.1. The van der Waals surface area contributed by atoms with Crippen molar-refractivity contribution in [2.24, 2.45) is 0 Å². The minimum Gasteiger partial charge on any atom is -0.389 e. The number of aliphatic hydroxyl groups is 1. The van der Waals surface area contributed by atoms with E-state index in [2.05, 4.69) is 25.9 Å². The second-order valence-corrected chi connectivity index (χ2v) is 4.74. The predicted molar refractivity (Wildman–Crippen MR) is 70.5 cm³/mol. The van der Waals surface area contributed by atoms with E-state index < -0.39 is 6.10 Å². The van der Waals surface area contributed by atoms with Gasteiger partial charge in [0.25, 0.3) is 0 Å². The summed E-state index contributed by atoms with van der Waals surface area (Å²) in [5.41, 5.74) is 2.52. The fourth-order valence-electron chi connectivity index (χ4n) is 1.66. The molecule has 0 spiro atoms. The maximum absolute atomic E-state index is 9.53. The van der Waals surface area contributed by atoms with Crippen molar-refractivity contribution in [3.05, 3.63) is 46.2 Å². The summed E-state index contributed by atoms with van der Waals surface area (Å²) >= 11 is 3.48. The molecule has 2 aromatic rings. The summed E-state index contributed by atoms with van der Waals surface area (Å²) in [6.07, 6.45) is 1.14. The molecule has 0 bridgehead atoms. The predicted octanol–water partition coefficient (Wildman–Crippen LogP) is 3.27. The molecule has 0 aliphatic rings. The lowest BCUT2D eigenvalue weighted by Crippen LogP contribution is -2.01. The van der Waals surface area contributed by atoms with Crippen LogP contribution in [0.5, 0.6) is 0 Å². The van der Waals surface area contributed by atoms with Gasteiger partial charge in [0.15, 0.2) is 5.82 Å². The minimum atomic E-state index is -0.539. The monoisotopic (exact) mass is 292 g/mol. The molecule has 0 radical (unpaired) electrons. The average molecular weight is 293 g/mol. The van der Waals surface area contributed by atoms with Crippen LogP contribution in [0.15, 0.2) is 34.9 Å². The minimum absolute atomic E-state index is 0.539. The van der Waals surface area contributed by atoms with E-state index in [4.69, 9.17) is 0 Å². The summed E-state index contributed by atoms with van der Waals surface area (Å²) in [5.74, 6) is 0.666. The first-order valence-electron chi connectivity index (χ1n) is 5.36. The number of benzene rings is 1. The average Bonchev–Trinajstić information content (AvgIpc) is 2.29. The van der Waals surface area contributed by atoms with Crippen molar-refractivity contribution in [3.8, 4) is 11.4 Å². The van der Waals surface area contributed by atoms with E-state index in [9.17, 15) is 5.11 Å². The Morgan fingerprint density at radius 3 is 2.59 bits per heavy atom. The maximum Gasteiger partial charge on any atom is 0.160 e. The van der Waals surface area contributed by atoms with Gasteiger partial charge in [-0.25, -0.2) is 9.97 Å². The molecule has 1 aromatic carbocycles. The second-order valence-electron chi connectivity index (χ2n) is 3.89. The number of aromatic nitrogens is 2. The van der Waals surface area contributed by atoms with Gasteiger partial charge in [-0.3, -0.25) is 0 Å². The van der Waals surface area contributed by atoms with Crippen molar-refractivity contribution in [2.75, 3.05) is 0 Å². The Morgan fingerprint density at radius 1 is 1.29 bits per heavy atom. The molecule has 4 heteroatoms. The van der Waals surface area contributed by atoms with Crippen LogP contribution in [0.3, 0.4) is 0 Å². The van der Waals surface area contributed by atoms with Crippen molar-refractivity contribution < 1.29 is 5.11 Å². The van der Waals surface area contributed by atoms with E-state index in [0.29, 0.717) is 5.82 Å². The van der Waals surface area contributed by atoms with E-state index >= 15 is 0 Å². The Kier molecular flexibility index (Phi) is 3.54. The summed E-state index contributed by atoms with van der Waals surface area (Å²) in [5, 5.41) is 9.53. The lowest BCUT2D eigenvalue weighted by Gasteiger charge is -2.09. The van der Waals surface area contributed by atoms with Crippen LogP contribution >= 0.6 is 15.9 Å². The quantitative estimate of drug-likeness (QED) is 0.924. The molecule has 0 amide bonds. The number of aliphatic hydroxyl groups excluding tert-OH is 1. The van der Waals surface area contributed by atoms with Crippen molar-refractivity contribution in [3.63, 3.8) is 0 Å². The number of hydrogen-bond donors (Lipinski definition) is 1. The molecular formula is C13H13BrN2O. The first-order valence-corrected chi connectivity index (χ1v) is 6.15. The topological polar surface area (TPSA) is 46.0 Å². The number of rotatable bonds is 2. The van der Waals surface area contributed by atoms with Gasteiger partial charge in [-0.2, -0.15) is 0 Å². The Bertz CT molecular complexity index is 541. The number of aryl methyl sites for hydroxylation is 1. The van der Waals surface area contributed by atoms with E-state index in [-0.39, 0.29) is 0 Å². The summed E-state index contributed by atoms with van der Waals surface area (Å²) in [7, 11) is 0. The molecule has 88 valence electrons. The van der Waals surface area contributed by atoms with Crippen molar-refractivity contribution in [2.45, 2.75) is 20.0 Å². The van der Waals surface area contributed by atoms with Crippen LogP contribution in [0.1, 0.15) is 24.3 Å². The van der Waals surface area contributed by atoms with Crippen LogP contribution in [-0.4, -0.2) is 15.1 Å². The van der Waals surface area contributed by atoms with E-state index in [0.717, 1.165) is 21.3 Å². The molecule has 1 aromatic heterocycles. The first kappa shape index (κ1) is 12.2. The van der Waals surface area contributed by atoms with Crippen LogP contribution < -0.4 is 0 Å². The van der Waals surface area contributed by atoms with Gasteiger partial charge in [-0.05, 0) is 19.9 Å². The van der Waals surface area contributed by atoms with Gasteiger partial charge in [0, 0.05) is 27.5 Å². The third-order valence-electron chi connectivity index (χ3n) is 2.58. The Morgan fingerprint density at radius 2 is 2.00 bits per heavy atom. The van der Waals surface area contributed by atoms with Gasteiger partial charge in [0.2, 0.25) is 0 Å². The number of hydrogen-bond acceptors (Lipinski definition) is 3. The van der Waals surface area contributed by atoms with Gasteiger partial charge < -0.3 is 5.11 Å². The van der Waals surface area contributed by atoms with Gasteiger partial charge in [-0.1, -0.05) is 34.1 Å². The normalized spacial score (nSPS) is 12.5. The number of halogens is 1. The maximum atomic E-state index is 9.53. The Hall–Kier alpha value is -1.26. The second kappa shape index (κ2) is 4.94. The van der Waals surface area contributed by atoms with Crippen LogP contribution in [0.25, 0.3) is 11.4 Å². The molecule has 0 fully saturated rings. The van der Waals surface area contributed by atoms with Gasteiger partial charge >= 0.3 is 0 Å². The highest BCUT2D eigenvalue weighted by atomic mass is 79.9. The summed E-state index contributed by atoms with van der Waals surface area (Å²) < 4.78 is 0.962. The van der Waals surface area contributed by atoms with E-state index in [1.165, 1.54) is 0 Å². The van der Waals surface area contributed by atoms with Crippen LogP contribution in [-0.2, 0) is 0 Å². The van der Waals surface area contributed by atoms with Gasteiger partial charge in [0.1, 0.15) is 0 Å². The molecule has 17 heavy (non-hydrogen) atoms. The highest BCUT2D eigenvalue weighted by Crippen LogP contribution is 2.26.